The van der Waals surface area contributed by atoms with Crippen LogP contribution in [0.4, 0.5) is 5.69 Å². The molecule has 0 unspecified atom stereocenters. The summed E-state index contributed by atoms with van der Waals surface area (Å²) in [6, 6.07) is 7.72. The number of azide groups is 1. The van der Waals surface area contributed by atoms with Gasteiger partial charge in [0.15, 0.2) is 0 Å². The molecule has 3 heteroatoms. The maximum absolute atomic E-state index is 8.30. The zero-order valence-corrected chi connectivity index (χ0v) is 9.26. The molecule has 0 atom stereocenters. The van der Waals surface area contributed by atoms with Crippen molar-refractivity contribution < 1.29 is 0 Å². The predicted molar refractivity (Wildman–Crippen MR) is 66.3 cm³/mol. The van der Waals surface area contributed by atoms with E-state index in [1.165, 1.54) is 37.7 Å². The zero-order chi connectivity index (χ0) is 11.2. The minimum Gasteiger partial charge on any atom is -0.0696 e. The lowest BCUT2D eigenvalue weighted by atomic mass is 9.93. The molecule has 0 saturated heterocycles. The first kappa shape index (κ1) is 10.8. The topological polar surface area (TPSA) is 48.8 Å². The highest BCUT2D eigenvalue weighted by molar-refractivity contribution is 5.55. The van der Waals surface area contributed by atoms with Crippen molar-refractivity contribution in [1.29, 1.82) is 0 Å². The summed E-state index contributed by atoms with van der Waals surface area (Å²) in [6.07, 6.45) is 8.74. The summed E-state index contributed by atoms with van der Waals surface area (Å²) in [6.45, 7) is 0. The van der Waals surface area contributed by atoms with Gasteiger partial charge in [0.25, 0.3) is 0 Å². The molecule has 3 nitrogen and oxygen atoms in total. The van der Waals surface area contributed by atoms with Crippen LogP contribution in [0.15, 0.2) is 35.0 Å². The predicted octanol–water partition coefficient (Wildman–Crippen LogP) is 4.98. The molecule has 1 aliphatic rings. The highest BCUT2D eigenvalue weighted by Gasteiger charge is 2.04. The van der Waals surface area contributed by atoms with Gasteiger partial charge in [-0.25, -0.2) is 0 Å². The normalized spacial score (nSPS) is 15.4. The third kappa shape index (κ3) is 2.88. The zero-order valence-electron chi connectivity index (χ0n) is 9.26. The maximum atomic E-state index is 8.30. The smallest absolute Gasteiger partial charge is 0.0375 e. The summed E-state index contributed by atoms with van der Waals surface area (Å²) in [5.41, 5.74) is 11.7. The van der Waals surface area contributed by atoms with Gasteiger partial charge < -0.3 is 0 Å². The molecule has 1 aromatic rings. The van der Waals surface area contributed by atoms with E-state index >= 15 is 0 Å². The SMILES string of the molecule is [N-]=[N+]=Nc1ccc(C=C2CCCCC2)cc1. The van der Waals surface area contributed by atoms with E-state index in [2.05, 4.69) is 16.1 Å². The summed E-state index contributed by atoms with van der Waals surface area (Å²) in [5.74, 6) is 0. The fourth-order valence-corrected chi connectivity index (χ4v) is 2.07. The first-order chi connectivity index (χ1) is 7.88. The number of hydrogen-bond donors (Lipinski definition) is 0. The second-order valence-corrected chi connectivity index (χ2v) is 4.14. The van der Waals surface area contributed by atoms with Crippen molar-refractivity contribution in [3.8, 4) is 0 Å². The van der Waals surface area contributed by atoms with E-state index in [4.69, 9.17) is 5.53 Å². The quantitative estimate of drug-likeness (QED) is 0.378. The lowest BCUT2D eigenvalue weighted by Gasteiger charge is -2.13. The molecule has 1 saturated carbocycles. The van der Waals surface area contributed by atoms with Crippen molar-refractivity contribution in [1.82, 2.24) is 0 Å². The second kappa shape index (κ2) is 5.38. The number of benzene rings is 1. The molecule has 1 aromatic carbocycles. The molecule has 2 rings (SSSR count). The first-order valence-corrected chi connectivity index (χ1v) is 5.73. The molecule has 82 valence electrons. The lowest BCUT2D eigenvalue weighted by molar-refractivity contribution is 0.602. The first-order valence-electron chi connectivity index (χ1n) is 5.73. The van der Waals surface area contributed by atoms with E-state index in [-0.39, 0.29) is 0 Å². The third-order valence-electron chi connectivity index (χ3n) is 2.92. The van der Waals surface area contributed by atoms with Crippen molar-refractivity contribution in [2.45, 2.75) is 32.1 Å². The Kier molecular flexibility index (Phi) is 3.62. The van der Waals surface area contributed by atoms with E-state index in [1.807, 2.05) is 24.3 Å². The molecule has 1 fully saturated rings. The molecular weight excluding hydrogens is 198 g/mol. The van der Waals surface area contributed by atoms with Crippen LogP contribution in [0.1, 0.15) is 37.7 Å². The van der Waals surface area contributed by atoms with Gasteiger partial charge in [-0.2, -0.15) is 0 Å². The number of hydrogen-bond acceptors (Lipinski definition) is 1. The summed E-state index contributed by atoms with van der Waals surface area (Å²) < 4.78 is 0. The molecule has 0 spiro atoms. The maximum Gasteiger partial charge on any atom is 0.0375 e. The Labute approximate surface area is 95.4 Å². The van der Waals surface area contributed by atoms with Gasteiger partial charge in [-0.1, -0.05) is 47.4 Å². The second-order valence-electron chi connectivity index (χ2n) is 4.14. The van der Waals surface area contributed by atoms with Crippen LogP contribution in [0.25, 0.3) is 16.5 Å². The number of rotatable bonds is 2. The Balaban J connectivity index is 2.12. The summed E-state index contributed by atoms with van der Waals surface area (Å²) in [5, 5.41) is 3.55. The summed E-state index contributed by atoms with van der Waals surface area (Å²) in [4.78, 5) is 2.76. The van der Waals surface area contributed by atoms with Crippen LogP contribution in [0.5, 0.6) is 0 Å². The van der Waals surface area contributed by atoms with Crippen molar-refractivity contribution in [2.24, 2.45) is 5.11 Å². The van der Waals surface area contributed by atoms with Crippen LogP contribution >= 0.6 is 0 Å². The molecule has 0 aliphatic heterocycles. The van der Waals surface area contributed by atoms with Gasteiger partial charge in [0.05, 0.1) is 0 Å². The van der Waals surface area contributed by atoms with Crippen LogP contribution in [0, 0.1) is 0 Å². The Bertz CT molecular complexity index is 417. The van der Waals surface area contributed by atoms with Gasteiger partial charge >= 0.3 is 0 Å². The molecule has 0 bridgehead atoms. The molecule has 1 aliphatic carbocycles. The fraction of sp³-hybridized carbons (Fsp3) is 0.385. The minimum atomic E-state index is 0.674. The van der Waals surface area contributed by atoms with E-state index in [0.29, 0.717) is 5.69 Å². The van der Waals surface area contributed by atoms with E-state index in [1.54, 1.807) is 5.57 Å². The van der Waals surface area contributed by atoms with Gasteiger partial charge in [0, 0.05) is 10.6 Å². The average molecular weight is 213 g/mol. The Hall–Kier alpha value is -1.73. The molecule has 0 amide bonds. The van der Waals surface area contributed by atoms with Crippen LogP contribution in [-0.4, -0.2) is 0 Å². The van der Waals surface area contributed by atoms with Crippen molar-refractivity contribution in [3.63, 3.8) is 0 Å². The van der Waals surface area contributed by atoms with Crippen LogP contribution < -0.4 is 0 Å². The van der Waals surface area contributed by atoms with Crippen molar-refractivity contribution in [3.05, 3.63) is 45.8 Å². The fourth-order valence-electron chi connectivity index (χ4n) is 2.07. The van der Waals surface area contributed by atoms with Gasteiger partial charge in [-0.15, -0.1) is 0 Å². The van der Waals surface area contributed by atoms with E-state index in [0.717, 1.165) is 0 Å². The van der Waals surface area contributed by atoms with E-state index in [9.17, 15) is 0 Å². The Morgan fingerprint density at radius 2 is 1.75 bits per heavy atom. The molecule has 0 N–H and O–H groups in total. The van der Waals surface area contributed by atoms with Gasteiger partial charge in [-0.3, -0.25) is 0 Å². The minimum absolute atomic E-state index is 0.674. The summed E-state index contributed by atoms with van der Waals surface area (Å²) >= 11 is 0. The highest BCUT2D eigenvalue weighted by atomic mass is 15.1. The van der Waals surface area contributed by atoms with Gasteiger partial charge in [0.1, 0.15) is 0 Å². The van der Waals surface area contributed by atoms with E-state index < -0.39 is 0 Å². The van der Waals surface area contributed by atoms with Gasteiger partial charge in [-0.05, 0) is 36.8 Å². The third-order valence-corrected chi connectivity index (χ3v) is 2.92. The number of nitrogens with zero attached hydrogens (tertiary/aromatic N) is 3. The average Bonchev–Trinajstić information content (AvgIpc) is 2.33. The largest absolute Gasteiger partial charge is 0.0696 e. The van der Waals surface area contributed by atoms with Crippen molar-refractivity contribution in [2.75, 3.05) is 0 Å². The van der Waals surface area contributed by atoms with Crippen LogP contribution in [-0.2, 0) is 0 Å². The lowest BCUT2D eigenvalue weighted by Crippen LogP contribution is -1.92. The Morgan fingerprint density at radius 3 is 2.38 bits per heavy atom. The molecular formula is C13H15N3. The Morgan fingerprint density at radius 1 is 1.06 bits per heavy atom. The summed E-state index contributed by atoms with van der Waals surface area (Å²) in [7, 11) is 0. The van der Waals surface area contributed by atoms with Crippen LogP contribution in [0.3, 0.4) is 0 Å². The standard InChI is InChI=1S/C13H15N3/c14-16-15-13-8-6-12(7-9-13)10-11-4-2-1-3-5-11/h6-10H,1-5H2. The molecule has 0 heterocycles. The van der Waals surface area contributed by atoms with Crippen LogP contribution in [0.2, 0.25) is 0 Å². The molecule has 0 aromatic heterocycles. The highest BCUT2D eigenvalue weighted by Crippen LogP contribution is 2.25. The monoisotopic (exact) mass is 213 g/mol. The number of allylic oxidation sites excluding steroid dienone is 1. The van der Waals surface area contributed by atoms with Crippen molar-refractivity contribution >= 4 is 11.8 Å². The van der Waals surface area contributed by atoms with Gasteiger partial charge in [0.2, 0.25) is 0 Å². The molecule has 0 radical (unpaired) electrons. The molecule has 16 heavy (non-hydrogen) atoms.